The van der Waals surface area contributed by atoms with E-state index in [1.54, 1.807) is 0 Å². The van der Waals surface area contributed by atoms with Gasteiger partial charge in [-0.05, 0) is 60.4 Å². The van der Waals surface area contributed by atoms with E-state index in [-0.39, 0.29) is 0 Å². The molecule has 0 saturated carbocycles. The van der Waals surface area contributed by atoms with Crippen molar-refractivity contribution >= 4 is 0 Å². The molecule has 0 aromatic heterocycles. The molecule has 0 aromatic carbocycles. The molecule has 0 aliphatic heterocycles. The fourth-order valence-corrected chi connectivity index (χ4v) is 1.87. The Hall–Kier alpha value is -1.26. The fourth-order valence-electron chi connectivity index (χ4n) is 1.87. The first-order valence-electron chi connectivity index (χ1n) is 7.52. The highest BCUT2D eigenvalue weighted by molar-refractivity contribution is 5.06. The summed E-state index contributed by atoms with van der Waals surface area (Å²) in [4.78, 5) is 2.14. The molecule has 112 valence electrons. The summed E-state index contributed by atoms with van der Waals surface area (Å²) in [7, 11) is 2.05. The van der Waals surface area contributed by atoms with Crippen molar-refractivity contribution in [2.24, 2.45) is 0 Å². The summed E-state index contributed by atoms with van der Waals surface area (Å²) in [6.45, 7) is 10.4. The van der Waals surface area contributed by atoms with Crippen LogP contribution >= 0.6 is 0 Å². The van der Waals surface area contributed by atoms with Crippen LogP contribution in [0.1, 0.15) is 53.4 Å². The molecule has 1 nitrogen and oxygen atoms in total. The number of nitrogens with zero attached hydrogens (tertiary/aromatic N) is 1. The van der Waals surface area contributed by atoms with E-state index < -0.39 is 0 Å². The van der Waals surface area contributed by atoms with Crippen LogP contribution in [0.4, 0.5) is 0 Å². The largest absolute Gasteiger partial charge is 0.292 e. The van der Waals surface area contributed by atoms with Gasteiger partial charge in [-0.3, -0.25) is 4.90 Å². The average molecular weight is 273 g/mol. The molecular weight excluding hydrogens is 242 g/mol. The second-order valence-electron chi connectivity index (χ2n) is 5.86. The highest BCUT2D eigenvalue weighted by atomic mass is 15.1. The molecule has 20 heavy (non-hydrogen) atoms. The second kappa shape index (κ2) is 11.6. The van der Waals surface area contributed by atoms with Gasteiger partial charge in [0, 0.05) is 6.54 Å². The Balaban J connectivity index is 3.94. The molecule has 0 radical (unpaired) electrons. The number of allylic oxidation sites excluding steroid dienone is 5. The zero-order valence-corrected chi connectivity index (χ0v) is 14.0. The van der Waals surface area contributed by atoms with E-state index in [1.165, 1.54) is 23.1 Å². The van der Waals surface area contributed by atoms with Crippen LogP contribution in [-0.2, 0) is 0 Å². The van der Waals surface area contributed by atoms with Crippen LogP contribution in [0.5, 0.6) is 0 Å². The molecule has 0 unspecified atom stereocenters. The fraction of sp³-hybridized carbons (Fsp3) is 0.579. The predicted molar refractivity (Wildman–Crippen MR) is 91.7 cm³/mol. The zero-order valence-electron chi connectivity index (χ0n) is 14.0. The number of rotatable bonds is 9. The minimum absolute atomic E-state index is 0.715. The van der Waals surface area contributed by atoms with Gasteiger partial charge in [0.2, 0.25) is 0 Å². The van der Waals surface area contributed by atoms with Crippen LogP contribution in [0.3, 0.4) is 0 Å². The molecule has 0 saturated heterocycles. The van der Waals surface area contributed by atoms with Crippen molar-refractivity contribution in [1.82, 2.24) is 4.90 Å². The van der Waals surface area contributed by atoms with Gasteiger partial charge in [0.15, 0.2) is 0 Å². The third-order valence-corrected chi connectivity index (χ3v) is 3.24. The average Bonchev–Trinajstić information content (AvgIpc) is 2.36. The normalized spacial score (nSPS) is 12.4. The van der Waals surface area contributed by atoms with Crippen molar-refractivity contribution in [3.8, 4) is 12.3 Å². The first-order valence-corrected chi connectivity index (χ1v) is 7.52. The molecule has 0 aliphatic carbocycles. The Kier molecular flexibility index (Phi) is 10.8. The lowest BCUT2D eigenvalue weighted by molar-refractivity contribution is 0.418. The second-order valence-corrected chi connectivity index (χ2v) is 5.86. The quantitative estimate of drug-likeness (QED) is 0.423. The SMILES string of the molecule is C#CCN(C)C/C=C(/C)CC/C=C(/C)CCC=C(C)C. The highest BCUT2D eigenvalue weighted by Gasteiger charge is 1.94. The standard InChI is InChI=1S/C19H31N/c1-7-15-20(6)16-14-19(5)13-9-12-18(4)11-8-10-17(2)3/h1,10,12,14H,8-9,11,13,15-16H2,2-6H3/b18-12-,19-14-. The Morgan fingerprint density at radius 2 is 1.50 bits per heavy atom. The number of likely N-dealkylation sites (N-methyl/N-ethyl adjacent to an activating group) is 1. The molecule has 0 atom stereocenters. The van der Waals surface area contributed by atoms with Gasteiger partial charge in [0.05, 0.1) is 6.54 Å². The van der Waals surface area contributed by atoms with E-state index in [4.69, 9.17) is 6.42 Å². The maximum atomic E-state index is 5.28. The molecule has 0 amide bonds. The molecule has 0 aliphatic rings. The van der Waals surface area contributed by atoms with Gasteiger partial charge in [-0.25, -0.2) is 0 Å². The lowest BCUT2D eigenvalue weighted by Crippen LogP contribution is -2.18. The van der Waals surface area contributed by atoms with Crippen molar-refractivity contribution in [3.63, 3.8) is 0 Å². The molecule has 0 heterocycles. The van der Waals surface area contributed by atoms with Gasteiger partial charge in [0.1, 0.15) is 0 Å². The monoisotopic (exact) mass is 273 g/mol. The summed E-state index contributed by atoms with van der Waals surface area (Å²) in [6.07, 6.45) is 16.9. The molecular formula is C19H31N. The molecule has 0 bridgehead atoms. The number of hydrogen-bond donors (Lipinski definition) is 0. The summed E-state index contributed by atoms with van der Waals surface area (Å²) in [5.74, 6) is 2.66. The van der Waals surface area contributed by atoms with E-state index in [1.807, 2.05) is 0 Å². The molecule has 0 N–H and O–H groups in total. The topological polar surface area (TPSA) is 3.24 Å². The van der Waals surface area contributed by atoms with Crippen molar-refractivity contribution in [2.45, 2.75) is 53.4 Å². The van der Waals surface area contributed by atoms with Crippen molar-refractivity contribution in [1.29, 1.82) is 0 Å². The summed E-state index contributed by atoms with van der Waals surface area (Å²) in [5.41, 5.74) is 4.36. The maximum Gasteiger partial charge on any atom is 0.0599 e. The third kappa shape index (κ3) is 11.8. The summed E-state index contributed by atoms with van der Waals surface area (Å²) in [6, 6.07) is 0. The first kappa shape index (κ1) is 18.7. The van der Waals surface area contributed by atoms with Crippen LogP contribution in [-0.4, -0.2) is 25.0 Å². The Morgan fingerprint density at radius 1 is 0.950 bits per heavy atom. The van der Waals surface area contributed by atoms with Gasteiger partial charge < -0.3 is 0 Å². The van der Waals surface area contributed by atoms with E-state index in [0.29, 0.717) is 6.54 Å². The van der Waals surface area contributed by atoms with E-state index >= 15 is 0 Å². The highest BCUT2D eigenvalue weighted by Crippen LogP contribution is 2.11. The number of terminal acetylenes is 1. The van der Waals surface area contributed by atoms with Crippen LogP contribution in [0, 0.1) is 12.3 Å². The van der Waals surface area contributed by atoms with Crippen LogP contribution in [0.2, 0.25) is 0 Å². The molecule has 1 heteroatoms. The van der Waals surface area contributed by atoms with Gasteiger partial charge in [-0.2, -0.15) is 0 Å². The summed E-state index contributed by atoms with van der Waals surface area (Å²) >= 11 is 0. The van der Waals surface area contributed by atoms with Crippen molar-refractivity contribution in [2.75, 3.05) is 20.1 Å². The van der Waals surface area contributed by atoms with E-state index in [9.17, 15) is 0 Å². The summed E-state index contributed by atoms with van der Waals surface area (Å²) in [5, 5.41) is 0. The molecule has 0 aromatic rings. The van der Waals surface area contributed by atoms with Crippen molar-refractivity contribution in [3.05, 3.63) is 34.9 Å². The Bertz CT molecular complexity index is 386. The molecule has 0 rings (SSSR count). The van der Waals surface area contributed by atoms with Crippen molar-refractivity contribution < 1.29 is 0 Å². The van der Waals surface area contributed by atoms with Gasteiger partial charge in [-0.15, -0.1) is 6.42 Å². The van der Waals surface area contributed by atoms with Crippen LogP contribution < -0.4 is 0 Å². The zero-order chi connectivity index (χ0) is 15.4. The smallest absolute Gasteiger partial charge is 0.0599 e. The third-order valence-electron chi connectivity index (χ3n) is 3.24. The Morgan fingerprint density at radius 3 is 2.05 bits per heavy atom. The van der Waals surface area contributed by atoms with Gasteiger partial charge in [-0.1, -0.05) is 40.9 Å². The minimum atomic E-state index is 0.715. The number of hydrogen-bond acceptors (Lipinski definition) is 1. The van der Waals surface area contributed by atoms with Crippen LogP contribution in [0.15, 0.2) is 34.9 Å². The van der Waals surface area contributed by atoms with Crippen LogP contribution in [0.25, 0.3) is 0 Å². The minimum Gasteiger partial charge on any atom is -0.292 e. The van der Waals surface area contributed by atoms with Gasteiger partial charge >= 0.3 is 0 Å². The lowest BCUT2D eigenvalue weighted by Gasteiger charge is -2.10. The Labute approximate surface area is 126 Å². The maximum absolute atomic E-state index is 5.28. The molecule has 0 spiro atoms. The molecule has 0 fully saturated rings. The lowest BCUT2D eigenvalue weighted by atomic mass is 10.1. The predicted octanol–water partition coefficient (Wildman–Crippen LogP) is 4.97. The van der Waals surface area contributed by atoms with Gasteiger partial charge in [0.25, 0.3) is 0 Å². The first-order chi connectivity index (χ1) is 9.45. The van der Waals surface area contributed by atoms with E-state index in [2.05, 4.69) is 63.8 Å². The van der Waals surface area contributed by atoms with E-state index in [0.717, 1.165) is 25.8 Å². The summed E-state index contributed by atoms with van der Waals surface area (Å²) < 4.78 is 0.